The summed E-state index contributed by atoms with van der Waals surface area (Å²) in [5.74, 6) is 1.04. The standard InChI is InChI=1S/C30H31F3N6O2S2/c1-37-12-19-8-18(37)13-39(19)17-4-5-23(21(9-17)16-2-3-16)35-29-34-11-22(30(31,32)33)26(36-29)24-10-25-27(43-24)28(40)38(6-7-42-25)20-14-41-15-20/h4-5,9-11,16,18-20H,2-3,6-8,12-15H2,1H3,(H,34,35,36). The van der Waals surface area contributed by atoms with Gasteiger partial charge in [0.15, 0.2) is 0 Å². The van der Waals surface area contributed by atoms with E-state index in [1.165, 1.54) is 23.9 Å². The molecule has 226 valence electrons. The number of fused-ring (bicyclic) bond motifs is 3. The molecule has 2 aromatic heterocycles. The number of hydrogen-bond acceptors (Lipinski definition) is 9. The number of thioether (sulfide) groups is 1. The van der Waals surface area contributed by atoms with Crippen LogP contribution in [0.5, 0.6) is 0 Å². The number of nitrogens with one attached hydrogen (secondary N) is 1. The van der Waals surface area contributed by atoms with Crippen molar-refractivity contribution in [3.05, 3.63) is 46.5 Å². The monoisotopic (exact) mass is 628 g/mol. The highest BCUT2D eigenvalue weighted by atomic mass is 32.2. The molecule has 3 saturated heterocycles. The van der Waals surface area contributed by atoms with Gasteiger partial charge in [0, 0.05) is 59.9 Å². The van der Waals surface area contributed by atoms with E-state index in [0.29, 0.717) is 58.2 Å². The van der Waals surface area contributed by atoms with Crippen LogP contribution in [0.1, 0.15) is 46.0 Å². The third-order valence-corrected chi connectivity index (χ3v) is 11.6. The van der Waals surface area contributed by atoms with Crippen LogP contribution in [0.4, 0.5) is 30.5 Å². The fourth-order valence-electron chi connectivity index (χ4n) is 6.70. The molecule has 13 heteroatoms. The molecule has 43 heavy (non-hydrogen) atoms. The molecule has 8 rings (SSSR count). The van der Waals surface area contributed by atoms with Crippen molar-refractivity contribution in [2.75, 3.05) is 55.9 Å². The summed E-state index contributed by atoms with van der Waals surface area (Å²) in [6.45, 7) is 3.64. The van der Waals surface area contributed by atoms with Gasteiger partial charge >= 0.3 is 6.18 Å². The van der Waals surface area contributed by atoms with Gasteiger partial charge in [-0.15, -0.1) is 23.1 Å². The summed E-state index contributed by atoms with van der Waals surface area (Å²) < 4.78 is 47.9. The highest BCUT2D eigenvalue weighted by Crippen LogP contribution is 2.47. The van der Waals surface area contributed by atoms with Crippen molar-refractivity contribution < 1.29 is 22.7 Å². The van der Waals surface area contributed by atoms with E-state index < -0.39 is 11.7 Å². The van der Waals surface area contributed by atoms with Crippen LogP contribution in [-0.4, -0.2) is 89.4 Å². The molecule has 4 fully saturated rings. The van der Waals surface area contributed by atoms with Crippen molar-refractivity contribution in [3.63, 3.8) is 0 Å². The fraction of sp³-hybridized carbons (Fsp3) is 0.500. The zero-order chi connectivity index (χ0) is 29.5. The molecule has 2 atom stereocenters. The Morgan fingerprint density at radius 1 is 1.07 bits per heavy atom. The fourth-order valence-corrected chi connectivity index (χ4v) is 9.02. The van der Waals surface area contributed by atoms with E-state index in [4.69, 9.17) is 4.74 Å². The van der Waals surface area contributed by atoms with E-state index in [2.05, 4.69) is 44.3 Å². The van der Waals surface area contributed by atoms with Crippen molar-refractivity contribution in [3.8, 4) is 10.6 Å². The first-order chi connectivity index (χ1) is 20.7. The van der Waals surface area contributed by atoms with Crippen LogP contribution in [0.3, 0.4) is 0 Å². The van der Waals surface area contributed by atoms with Gasteiger partial charge in [0.1, 0.15) is 10.4 Å². The molecule has 8 nitrogen and oxygen atoms in total. The van der Waals surface area contributed by atoms with Gasteiger partial charge in [0.05, 0.1) is 29.8 Å². The average Bonchev–Trinajstić information content (AvgIpc) is 3.47. The Bertz CT molecular complexity index is 1590. The summed E-state index contributed by atoms with van der Waals surface area (Å²) in [6.07, 6.45) is -0.442. The number of benzene rings is 1. The van der Waals surface area contributed by atoms with Gasteiger partial charge in [-0.2, -0.15) is 13.2 Å². The van der Waals surface area contributed by atoms with Crippen molar-refractivity contribution >= 4 is 46.3 Å². The maximum Gasteiger partial charge on any atom is 0.420 e. The Balaban J connectivity index is 1.11. The summed E-state index contributed by atoms with van der Waals surface area (Å²) in [6, 6.07) is 9.14. The number of likely N-dealkylation sites (N-methyl/N-ethyl adjacent to an activating group) is 1. The molecule has 1 saturated carbocycles. The predicted molar refractivity (Wildman–Crippen MR) is 161 cm³/mol. The molecular weight excluding hydrogens is 597 g/mol. The number of ether oxygens (including phenoxy) is 1. The molecule has 1 aliphatic carbocycles. The maximum absolute atomic E-state index is 14.2. The zero-order valence-corrected chi connectivity index (χ0v) is 25.2. The highest BCUT2D eigenvalue weighted by Gasteiger charge is 2.42. The Kier molecular flexibility index (Phi) is 6.66. The van der Waals surface area contributed by atoms with Gasteiger partial charge in [-0.3, -0.25) is 9.69 Å². The third kappa shape index (κ3) is 4.98. The molecule has 0 radical (unpaired) electrons. The molecule has 1 amide bonds. The number of likely N-dealkylation sites (tertiary alicyclic amines) is 1. The molecule has 0 spiro atoms. The van der Waals surface area contributed by atoms with E-state index in [9.17, 15) is 18.0 Å². The van der Waals surface area contributed by atoms with Crippen LogP contribution in [0.25, 0.3) is 10.6 Å². The minimum absolute atomic E-state index is 0.0131. The summed E-state index contributed by atoms with van der Waals surface area (Å²) in [5, 5.41) is 3.25. The Labute approximate surface area is 255 Å². The van der Waals surface area contributed by atoms with Crippen molar-refractivity contribution in [1.29, 1.82) is 0 Å². The number of alkyl halides is 3. The Hall–Kier alpha value is -2.87. The molecule has 4 aliphatic heterocycles. The van der Waals surface area contributed by atoms with Gasteiger partial charge in [0.2, 0.25) is 5.95 Å². The molecule has 2 bridgehead atoms. The maximum atomic E-state index is 14.2. The minimum Gasteiger partial charge on any atom is -0.377 e. The second-order valence-corrected chi connectivity index (χ2v) is 14.3. The number of halogens is 3. The minimum atomic E-state index is -4.65. The van der Waals surface area contributed by atoms with Gasteiger partial charge < -0.3 is 19.9 Å². The lowest BCUT2D eigenvalue weighted by molar-refractivity contribution is -0.137. The van der Waals surface area contributed by atoms with Crippen molar-refractivity contribution in [1.82, 2.24) is 19.8 Å². The quantitative estimate of drug-likeness (QED) is 0.374. The third-order valence-electron chi connectivity index (χ3n) is 9.28. The first-order valence-electron chi connectivity index (χ1n) is 14.7. The average molecular weight is 629 g/mol. The molecule has 1 N–H and O–H groups in total. The number of thiophene rings is 1. The molecule has 5 aliphatic rings. The van der Waals surface area contributed by atoms with Crippen molar-refractivity contribution in [2.24, 2.45) is 0 Å². The largest absolute Gasteiger partial charge is 0.420 e. The first-order valence-corrected chi connectivity index (χ1v) is 16.5. The van der Waals surface area contributed by atoms with Crippen LogP contribution >= 0.6 is 23.1 Å². The number of aromatic nitrogens is 2. The normalized spacial score (nSPS) is 24.3. The lowest BCUT2D eigenvalue weighted by Crippen LogP contribution is -2.52. The molecule has 6 heterocycles. The SMILES string of the molecule is CN1CC2CC1CN2c1ccc(Nc2ncc(C(F)(F)F)c(-c3cc4c(s3)C(=O)N(C3COC3)CCS4)n2)c(C2CC2)c1. The lowest BCUT2D eigenvalue weighted by Gasteiger charge is -2.36. The number of carbonyl (C=O) groups is 1. The van der Waals surface area contributed by atoms with Gasteiger partial charge in [0.25, 0.3) is 5.91 Å². The van der Waals surface area contributed by atoms with Crippen molar-refractivity contribution in [2.45, 2.75) is 54.4 Å². The van der Waals surface area contributed by atoms with Gasteiger partial charge in [-0.05, 0) is 62.1 Å². The van der Waals surface area contributed by atoms with E-state index in [1.807, 2.05) is 6.07 Å². The number of carbonyl (C=O) groups excluding carboxylic acids is 1. The highest BCUT2D eigenvalue weighted by molar-refractivity contribution is 7.99. The molecule has 1 aromatic carbocycles. The van der Waals surface area contributed by atoms with E-state index >= 15 is 0 Å². The summed E-state index contributed by atoms with van der Waals surface area (Å²) in [4.78, 5) is 30.1. The topological polar surface area (TPSA) is 73.8 Å². The van der Waals surface area contributed by atoms with E-state index in [1.54, 1.807) is 11.0 Å². The van der Waals surface area contributed by atoms with Crippen LogP contribution in [-0.2, 0) is 10.9 Å². The Morgan fingerprint density at radius 2 is 1.91 bits per heavy atom. The smallest absolute Gasteiger partial charge is 0.377 e. The predicted octanol–water partition coefficient (Wildman–Crippen LogP) is 5.68. The molecule has 3 aromatic rings. The van der Waals surface area contributed by atoms with Crippen LogP contribution in [0.2, 0.25) is 0 Å². The van der Waals surface area contributed by atoms with Crippen LogP contribution < -0.4 is 10.2 Å². The number of nitrogens with zero attached hydrogens (tertiary/aromatic N) is 5. The molecular formula is C30H31F3N6O2S2. The van der Waals surface area contributed by atoms with E-state index in [-0.39, 0.29) is 23.6 Å². The molecule has 2 unspecified atom stereocenters. The van der Waals surface area contributed by atoms with Crippen LogP contribution in [0, 0.1) is 0 Å². The van der Waals surface area contributed by atoms with Gasteiger partial charge in [-0.1, -0.05) is 0 Å². The number of hydrogen-bond donors (Lipinski definition) is 1. The summed E-state index contributed by atoms with van der Waals surface area (Å²) in [5.41, 5.74) is 2.06. The second kappa shape index (κ2) is 10.4. The number of piperazine rings is 1. The van der Waals surface area contributed by atoms with Crippen LogP contribution in [0.15, 0.2) is 35.4 Å². The summed E-state index contributed by atoms with van der Waals surface area (Å²) >= 11 is 2.56. The summed E-state index contributed by atoms with van der Waals surface area (Å²) in [7, 11) is 2.19. The Morgan fingerprint density at radius 3 is 2.58 bits per heavy atom. The lowest BCUT2D eigenvalue weighted by atomic mass is 10.1. The number of anilines is 3. The number of amides is 1. The first kappa shape index (κ1) is 27.7. The second-order valence-electron chi connectivity index (χ2n) is 12.1. The zero-order valence-electron chi connectivity index (χ0n) is 23.6. The number of rotatable bonds is 6. The van der Waals surface area contributed by atoms with Gasteiger partial charge in [-0.25, -0.2) is 9.97 Å². The van der Waals surface area contributed by atoms with E-state index in [0.717, 1.165) is 54.7 Å².